The number of aryl methyl sites for hydroxylation is 2. The Morgan fingerprint density at radius 1 is 0.935 bits per heavy atom. The molecule has 1 amide bonds. The van der Waals surface area contributed by atoms with Gasteiger partial charge in [-0.05, 0) is 49.2 Å². The summed E-state index contributed by atoms with van der Waals surface area (Å²) in [6.07, 6.45) is 0. The van der Waals surface area contributed by atoms with Gasteiger partial charge in [0.15, 0.2) is 5.76 Å². The molecule has 4 rings (SSSR count). The summed E-state index contributed by atoms with van der Waals surface area (Å²) >= 11 is 5.99. The molecule has 0 saturated heterocycles. The molecule has 5 heteroatoms. The molecule has 1 aromatic heterocycles. The SMILES string of the molecule is Cc1ccc(-c2cc(CN(Cc3ccccc3)C(=O)c3ccc(Cl)cc3)no2)c(C)c1. The van der Waals surface area contributed by atoms with Crippen molar-refractivity contribution in [3.8, 4) is 11.3 Å². The van der Waals surface area contributed by atoms with E-state index in [1.165, 1.54) is 5.56 Å². The number of amides is 1. The maximum atomic E-state index is 13.3. The van der Waals surface area contributed by atoms with Crippen LogP contribution in [0.2, 0.25) is 5.02 Å². The van der Waals surface area contributed by atoms with E-state index < -0.39 is 0 Å². The van der Waals surface area contributed by atoms with Crippen molar-refractivity contribution in [3.05, 3.63) is 112 Å². The van der Waals surface area contributed by atoms with Gasteiger partial charge < -0.3 is 9.42 Å². The number of carbonyl (C=O) groups is 1. The van der Waals surface area contributed by atoms with Crippen LogP contribution in [0.4, 0.5) is 0 Å². The lowest BCUT2D eigenvalue weighted by Crippen LogP contribution is -2.30. The average molecular weight is 431 g/mol. The van der Waals surface area contributed by atoms with E-state index in [0.717, 1.165) is 16.7 Å². The van der Waals surface area contributed by atoms with E-state index in [1.807, 2.05) is 42.5 Å². The van der Waals surface area contributed by atoms with Crippen molar-refractivity contribution in [2.45, 2.75) is 26.9 Å². The standard InChI is InChI=1S/C26H23ClN2O2/c1-18-8-13-24(19(2)14-18)25-15-23(28-31-25)17-29(16-20-6-4-3-5-7-20)26(30)21-9-11-22(27)12-10-21/h3-15H,16-17H2,1-2H3. The molecular formula is C26H23ClN2O2. The largest absolute Gasteiger partial charge is 0.356 e. The molecule has 4 aromatic rings. The van der Waals surface area contributed by atoms with Crippen molar-refractivity contribution in [3.63, 3.8) is 0 Å². The Hall–Kier alpha value is -3.37. The first-order chi connectivity index (χ1) is 15.0. The van der Waals surface area contributed by atoms with Gasteiger partial charge in [-0.15, -0.1) is 0 Å². The van der Waals surface area contributed by atoms with Crippen molar-refractivity contribution >= 4 is 17.5 Å². The highest BCUT2D eigenvalue weighted by Gasteiger charge is 2.19. The van der Waals surface area contributed by atoms with Gasteiger partial charge in [0.2, 0.25) is 0 Å². The minimum Gasteiger partial charge on any atom is -0.356 e. The molecule has 31 heavy (non-hydrogen) atoms. The van der Waals surface area contributed by atoms with E-state index in [0.29, 0.717) is 35.1 Å². The Labute approximate surface area is 187 Å². The van der Waals surface area contributed by atoms with Crippen LogP contribution < -0.4 is 0 Å². The van der Waals surface area contributed by atoms with E-state index in [1.54, 1.807) is 29.2 Å². The molecule has 0 aliphatic rings. The first kappa shape index (κ1) is 20.9. The van der Waals surface area contributed by atoms with Crippen LogP contribution in [0.15, 0.2) is 83.4 Å². The predicted molar refractivity (Wildman–Crippen MR) is 123 cm³/mol. The highest BCUT2D eigenvalue weighted by molar-refractivity contribution is 6.30. The number of nitrogens with zero attached hydrogens (tertiary/aromatic N) is 2. The van der Waals surface area contributed by atoms with Crippen LogP contribution in [0, 0.1) is 13.8 Å². The van der Waals surface area contributed by atoms with Gasteiger partial charge in [0.05, 0.1) is 6.54 Å². The van der Waals surface area contributed by atoms with E-state index in [-0.39, 0.29) is 5.91 Å². The molecule has 4 nitrogen and oxygen atoms in total. The lowest BCUT2D eigenvalue weighted by molar-refractivity contribution is 0.0726. The monoisotopic (exact) mass is 430 g/mol. The maximum Gasteiger partial charge on any atom is 0.254 e. The van der Waals surface area contributed by atoms with E-state index >= 15 is 0 Å². The van der Waals surface area contributed by atoms with Gasteiger partial charge in [0, 0.05) is 28.8 Å². The summed E-state index contributed by atoms with van der Waals surface area (Å²) in [5.41, 5.74) is 5.65. The van der Waals surface area contributed by atoms with Gasteiger partial charge in [0.1, 0.15) is 5.69 Å². The van der Waals surface area contributed by atoms with Gasteiger partial charge in [0.25, 0.3) is 5.91 Å². The first-order valence-electron chi connectivity index (χ1n) is 10.1. The third-order valence-electron chi connectivity index (χ3n) is 5.15. The van der Waals surface area contributed by atoms with Crippen molar-refractivity contribution in [2.75, 3.05) is 0 Å². The van der Waals surface area contributed by atoms with Crippen LogP contribution in [0.5, 0.6) is 0 Å². The summed E-state index contributed by atoms with van der Waals surface area (Å²) in [4.78, 5) is 15.0. The van der Waals surface area contributed by atoms with E-state index in [2.05, 4.69) is 31.1 Å². The zero-order chi connectivity index (χ0) is 21.8. The molecule has 0 radical (unpaired) electrons. The summed E-state index contributed by atoms with van der Waals surface area (Å²) in [5.74, 6) is 0.614. The molecule has 0 saturated carbocycles. The fraction of sp³-hybridized carbons (Fsp3) is 0.154. The topological polar surface area (TPSA) is 46.3 Å². The summed E-state index contributed by atoms with van der Waals surface area (Å²) in [7, 11) is 0. The minimum absolute atomic E-state index is 0.0865. The fourth-order valence-electron chi connectivity index (χ4n) is 3.58. The highest BCUT2D eigenvalue weighted by atomic mass is 35.5. The van der Waals surface area contributed by atoms with Crippen LogP contribution in [-0.2, 0) is 13.1 Å². The molecule has 0 spiro atoms. The zero-order valence-electron chi connectivity index (χ0n) is 17.5. The second kappa shape index (κ2) is 9.19. The van der Waals surface area contributed by atoms with Crippen LogP contribution in [-0.4, -0.2) is 16.0 Å². The molecule has 3 aromatic carbocycles. The Morgan fingerprint density at radius 3 is 2.39 bits per heavy atom. The number of halogens is 1. The van der Waals surface area contributed by atoms with Crippen LogP contribution >= 0.6 is 11.6 Å². The number of hydrogen-bond donors (Lipinski definition) is 0. The summed E-state index contributed by atoms with van der Waals surface area (Å²) < 4.78 is 5.62. The Kier molecular flexibility index (Phi) is 6.19. The van der Waals surface area contributed by atoms with Crippen LogP contribution in [0.3, 0.4) is 0 Å². The Bertz CT molecular complexity index is 1180. The Morgan fingerprint density at radius 2 is 1.68 bits per heavy atom. The predicted octanol–water partition coefficient (Wildman–Crippen LogP) is 6.45. The second-order valence-corrected chi connectivity index (χ2v) is 8.09. The number of hydrogen-bond acceptors (Lipinski definition) is 3. The lowest BCUT2D eigenvalue weighted by Gasteiger charge is -2.22. The Balaban J connectivity index is 1.60. The molecule has 1 heterocycles. The number of aromatic nitrogens is 1. The number of rotatable bonds is 6. The quantitative estimate of drug-likeness (QED) is 0.353. The van der Waals surface area contributed by atoms with Gasteiger partial charge in [-0.3, -0.25) is 4.79 Å². The first-order valence-corrected chi connectivity index (χ1v) is 10.5. The van der Waals surface area contributed by atoms with Gasteiger partial charge in [-0.2, -0.15) is 0 Å². The van der Waals surface area contributed by atoms with Gasteiger partial charge >= 0.3 is 0 Å². The molecule has 0 unspecified atom stereocenters. The smallest absolute Gasteiger partial charge is 0.254 e. The van der Waals surface area contributed by atoms with Crippen molar-refractivity contribution in [1.29, 1.82) is 0 Å². The molecule has 0 fully saturated rings. The third kappa shape index (κ3) is 5.04. The maximum absolute atomic E-state index is 13.3. The fourth-order valence-corrected chi connectivity index (χ4v) is 3.70. The lowest BCUT2D eigenvalue weighted by atomic mass is 10.0. The number of carbonyl (C=O) groups excluding carboxylic acids is 1. The molecule has 0 atom stereocenters. The van der Waals surface area contributed by atoms with E-state index in [9.17, 15) is 4.79 Å². The summed E-state index contributed by atoms with van der Waals surface area (Å²) in [6, 6.07) is 25.0. The second-order valence-electron chi connectivity index (χ2n) is 7.65. The molecular weight excluding hydrogens is 408 g/mol. The molecule has 156 valence electrons. The number of benzene rings is 3. The molecule has 0 aliphatic carbocycles. The normalized spacial score (nSPS) is 10.8. The van der Waals surface area contributed by atoms with Crippen molar-refractivity contribution in [2.24, 2.45) is 0 Å². The average Bonchev–Trinajstić information content (AvgIpc) is 3.22. The molecule has 0 aliphatic heterocycles. The zero-order valence-corrected chi connectivity index (χ0v) is 18.3. The molecule has 0 bridgehead atoms. The van der Waals surface area contributed by atoms with Crippen LogP contribution in [0.1, 0.15) is 32.7 Å². The summed E-state index contributed by atoms with van der Waals surface area (Å²) in [5, 5.41) is 4.84. The molecule has 0 N–H and O–H groups in total. The van der Waals surface area contributed by atoms with Crippen molar-refractivity contribution in [1.82, 2.24) is 10.1 Å². The summed E-state index contributed by atoms with van der Waals surface area (Å²) in [6.45, 7) is 4.92. The third-order valence-corrected chi connectivity index (χ3v) is 5.41. The van der Waals surface area contributed by atoms with Gasteiger partial charge in [-0.25, -0.2) is 0 Å². The van der Waals surface area contributed by atoms with E-state index in [4.69, 9.17) is 16.1 Å². The van der Waals surface area contributed by atoms with Crippen molar-refractivity contribution < 1.29 is 9.32 Å². The highest BCUT2D eigenvalue weighted by Crippen LogP contribution is 2.26. The van der Waals surface area contributed by atoms with Crippen LogP contribution in [0.25, 0.3) is 11.3 Å². The minimum atomic E-state index is -0.0865. The van der Waals surface area contributed by atoms with Gasteiger partial charge in [-0.1, -0.05) is 70.9 Å².